The monoisotopic (exact) mass is 202 g/mol. The van der Waals surface area contributed by atoms with Gasteiger partial charge in [-0.25, -0.2) is 4.39 Å². The van der Waals surface area contributed by atoms with Gasteiger partial charge in [0.2, 0.25) is 0 Å². The second-order valence-electron chi connectivity index (χ2n) is 3.02. The van der Waals surface area contributed by atoms with Gasteiger partial charge in [0.05, 0.1) is 5.02 Å². The number of nitrogens with two attached hydrogens (primary N) is 1. The van der Waals surface area contributed by atoms with Crippen LogP contribution < -0.4 is 11.3 Å². The fourth-order valence-corrected chi connectivity index (χ4v) is 1.20. The number of rotatable bonds is 3. The largest absolute Gasteiger partial charge is 0.271 e. The van der Waals surface area contributed by atoms with E-state index in [1.54, 1.807) is 12.1 Å². The van der Waals surface area contributed by atoms with Crippen LogP contribution in [0, 0.1) is 5.82 Å². The minimum Gasteiger partial charge on any atom is -0.271 e. The molecule has 0 amide bonds. The van der Waals surface area contributed by atoms with Gasteiger partial charge in [-0.05, 0) is 31.0 Å². The Hall–Kier alpha value is -0.640. The Morgan fingerprint density at radius 2 is 2.31 bits per heavy atom. The summed E-state index contributed by atoms with van der Waals surface area (Å²) in [5.74, 6) is 4.83. The summed E-state index contributed by atoms with van der Waals surface area (Å²) >= 11 is 5.54. The molecule has 4 heteroatoms. The van der Waals surface area contributed by atoms with E-state index in [4.69, 9.17) is 17.4 Å². The smallest absolute Gasteiger partial charge is 0.142 e. The van der Waals surface area contributed by atoms with E-state index in [1.807, 2.05) is 6.92 Å². The number of halogens is 2. The Balaban J connectivity index is 2.73. The zero-order chi connectivity index (χ0) is 9.84. The van der Waals surface area contributed by atoms with E-state index < -0.39 is 0 Å². The first-order chi connectivity index (χ1) is 6.13. The molecule has 0 fully saturated rings. The standard InChI is InChI=1S/C9H12ClFN2/c1-6(13-12)4-7-2-3-8(10)9(11)5-7/h2-3,5-6,13H,4,12H2,1H3. The van der Waals surface area contributed by atoms with Crippen LogP contribution in [0.15, 0.2) is 18.2 Å². The minimum atomic E-state index is -0.386. The van der Waals surface area contributed by atoms with Gasteiger partial charge >= 0.3 is 0 Å². The van der Waals surface area contributed by atoms with Crippen LogP contribution in [0.3, 0.4) is 0 Å². The Morgan fingerprint density at radius 3 is 2.85 bits per heavy atom. The molecular weight excluding hydrogens is 191 g/mol. The van der Waals surface area contributed by atoms with Gasteiger partial charge in [-0.15, -0.1) is 0 Å². The van der Waals surface area contributed by atoms with E-state index in [2.05, 4.69) is 5.43 Å². The molecule has 0 bridgehead atoms. The average Bonchev–Trinajstić information content (AvgIpc) is 2.11. The SMILES string of the molecule is CC(Cc1ccc(Cl)c(F)c1)NN. The van der Waals surface area contributed by atoms with Crippen molar-refractivity contribution in [3.8, 4) is 0 Å². The van der Waals surface area contributed by atoms with Crippen LogP contribution in [-0.2, 0) is 6.42 Å². The predicted molar refractivity (Wildman–Crippen MR) is 51.9 cm³/mol. The first-order valence-corrected chi connectivity index (χ1v) is 4.41. The van der Waals surface area contributed by atoms with Gasteiger partial charge in [0, 0.05) is 6.04 Å². The third-order valence-electron chi connectivity index (χ3n) is 1.81. The Kier molecular flexibility index (Phi) is 3.66. The van der Waals surface area contributed by atoms with Crippen LogP contribution in [0.4, 0.5) is 4.39 Å². The lowest BCUT2D eigenvalue weighted by Crippen LogP contribution is -2.34. The average molecular weight is 203 g/mol. The Labute approximate surface area is 81.9 Å². The maximum absolute atomic E-state index is 12.9. The van der Waals surface area contributed by atoms with Crippen LogP contribution in [0.25, 0.3) is 0 Å². The molecule has 0 saturated carbocycles. The van der Waals surface area contributed by atoms with Crippen molar-refractivity contribution in [1.29, 1.82) is 0 Å². The number of hydrogen-bond acceptors (Lipinski definition) is 2. The molecule has 1 unspecified atom stereocenters. The maximum Gasteiger partial charge on any atom is 0.142 e. The zero-order valence-corrected chi connectivity index (χ0v) is 8.11. The number of hydrogen-bond donors (Lipinski definition) is 2. The summed E-state index contributed by atoms with van der Waals surface area (Å²) in [6.45, 7) is 1.92. The summed E-state index contributed by atoms with van der Waals surface area (Å²) in [5.41, 5.74) is 3.47. The molecule has 13 heavy (non-hydrogen) atoms. The van der Waals surface area contributed by atoms with Crippen molar-refractivity contribution in [1.82, 2.24) is 5.43 Å². The lowest BCUT2D eigenvalue weighted by Gasteiger charge is -2.09. The summed E-state index contributed by atoms with van der Waals surface area (Å²) in [6, 6.07) is 4.89. The van der Waals surface area contributed by atoms with E-state index >= 15 is 0 Å². The van der Waals surface area contributed by atoms with Gasteiger partial charge in [0.25, 0.3) is 0 Å². The van der Waals surface area contributed by atoms with Gasteiger partial charge in [-0.2, -0.15) is 0 Å². The first kappa shape index (κ1) is 10.4. The van der Waals surface area contributed by atoms with E-state index in [0.29, 0.717) is 6.42 Å². The number of benzene rings is 1. The Morgan fingerprint density at radius 1 is 1.62 bits per heavy atom. The molecule has 0 aromatic heterocycles. The molecule has 0 radical (unpaired) electrons. The van der Waals surface area contributed by atoms with Crippen molar-refractivity contribution in [3.05, 3.63) is 34.6 Å². The van der Waals surface area contributed by atoms with Crippen molar-refractivity contribution >= 4 is 11.6 Å². The molecule has 72 valence electrons. The molecule has 1 rings (SSSR count). The lowest BCUT2D eigenvalue weighted by molar-refractivity contribution is 0.563. The number of hydrazine groups is 1. The molecule has 3 N–H and O–H groups in total. The molecular formula is C9H12ClFN2. The van der Waals surface area contributed by atoms with Gasteiger partial charge in [-0.3, -0.25) is 11.3 Å². The highest BCUT2D eigenvalue weighted by Crippen LogP contribution is 2.16. The van der Waals surface area contributed by atoms with Crippen LogP contribution in [0.5, 0.6) is 0 Å². The molecule has 0 aliphatic heterocycles. The van der Waals surface area contributed by atoms with Gasteiger partial charge < -0.3 is 0 Å². The second-order valence-corrected chi connectivity index (χ2v) is 3.43. The van der Waals surface area contributed by atoms with E-state index in [-0.39, 0.29) is 16.9 Å². The Bertz CT molecular complexity index is 291. The van der Waals surface area contributed by atoms with Gasteiger partial charge in [-0.1, -0.05) is 17.7 Å². The van der Waals surface area contributed by atoms with Crippen LogP contribution in [0.2, 0.25) is 5.02 Å². The van der Waals surface area contributed by atoms with Crippen molar-refractivity contribution in [2.24, 2.45) is 5.84 Å². The highest BCUT2D eigenvalue weighted by atomic mass is 35.5. The molecule has 0 aliphatic rings. The minimum absolute atomic E-state index is 0.126. The van der Waals surface area contributed by atoms with E-state index in [0.717, 1.165) is 5.56 Å². The van der Waals surface area contributed by atoms with Crippen LogP contribution >= 0.6 is 11.6 Å². The molecule has 1 aromatic carbocycles. The number of nitrogens with one attached hydrogen (secondary N) is 1. The summed E-state index contributed by atoms with van der Waals surface area (Å²) < 4.78 is 12.9. The molecule has 1 aromatic rings. The highest BCUT2D eigenvalue weighted by Gasteiger charge is 2.04. The first-order valence-electron chi connectivity index (χ1n) is 4.03. The molecule has 0 spiro atoms. The molecule has 0 heterocycles. The maximum atomic E-state index is 12.9. The topological polar surface area (TPSA) is 38.0 Å². The molecule has 1 atom stereocenters. The summed E-state index contributed by atoms with van der Waals surface area (Å²) in [5, 5.41) is 0.150. The fraction of sp³-hybridized carbons (Fsp3) is 0.333. The van der Waals surface area contributed by atoms with Crippen molar-refractivity contribution in [2.45, 2.75) is 19.4 Å². The van der Waals surface area contributed by atoms with Crippen molar-refractivity contribution in [2.75, 3.05) is 0 Å². The summed E-state index contributed by atoms with van der Waals surface area (Å²) in [7, 11) is 0. The summed E-state index contributed by atoms with van der Waals surface area (Å²) in [4.78, 5) is 0. The van der Waals surface area contributed by atoms with E-state index in [9.17, 15) is 4.39 Å². The predicted octanol–water partition coefficient (Wildman–Crippen LogP) is 1.87. The molecule has 0 saturated heterocycles. The van der Waals surface area contributed by atoms with Crippen molar-refractivity contribution < 1.29 is 4.39 Å². The molecule has 0 aliphatic carbocycles. The normalized spacial score (nSPS) is 12.9. The van der Waals surface area contributed by atoms with E-state index in [1.165, 1.54) is 6.07 Å². The van der Waals surface area contributed by atoms with Crippen molar-refractivity contribution in [3.63, 3.8) is 0 Å². The highest BCUT2D eigenvalue weighted by molar-refractivity contribution is 6.30. The molecule has 2 nitrogen and oxygen atoms in total. The third-order valence-corrected chi connectivity index (χ3v) is 2.12. The lowest BCUT2D eigenvalue weighted by atomic mass is 10.1. The van der Waals surface area contributed by atoms with Gasteiger partial charge in [0.15, 0.2) is 0 Å². The fourth-order valence-electron chi connectivity index (χ4n) is 1.08. The summed E-state index contributed by atoms with van der Waals surface area (Å²) in [6.07, 6.45) is 0.685. The van der Waals surface area contributed by atoms with Gasteiger partial charge in [0.1, 0.15) is 5.82 Å². The van der Waals surface area contributed by atoms with Crippen LogP contribution in [0.1, 0.15) is 12.5 Å². The zero-order valence-electron chi connectivity index (χ0n) is 7.35. The van der Waals surface area contributed by atoms with Crippen LogP contribution in [-0.4, -0.2) is 6.04 Å². The second kappa shape index (κ2) is 4.56. The quantitative estimate of drug-likeness (QED) is 0.580. The third kappa shape index (κ3) is 2.95.